The van der Waals surface area contributed by atoms with Gasteiger partial charge in [0.05, 0.1) is 34.7 Å². The molecule has 0 radical (unpaired) electrons. The highest BCUT2D eigenvalue weighted by molar-refractivity contribution is 7.90. The van der Waals surface area contributed by atoms with Crippen LogP contribution in [-0.2, 0) is 26.1 Å². The van der Waals surface area contributed by atoms with Crippen LogP contribution in [0, 0.1) is 5.92 Å². The first-order valence-corrected chi connectivity index (χ1v) is 11.2. The van der Waals surface area contributed by atoms with Crippen LogP contribution in [0.2, 0.25) is 0 Å². The fourth-order valence-corrected chi connectivity index (χ4v) is 6.08. The predicted molar refractivity (Wildman–Crippen MR) is 110 cm³/mol. The van der Waals surface area contributed by atoms with Gasteiger partial charge in [-0.2, -0.15) is 5.06 Å². The molecular formula is C22H20N2O5S. The number of nitrogens with zero attached hydrogens (tertiary/aromatic N) is 2. The molecule has 0 spiro atoms. The van der Waals surface area contributed by atoms with Crippen LogP contribution < -0.4 is 0 Å². The zero-order valence-corrected chi connectivity index (χ0v) is 16.8. The van der Waals surface area contributed by atoms with Crippen LogP contribution >= 0.6 is 0 Å². The molecule has 3 aromatic rings. The van der Waals surface area contributed by atoms with Crippen LogP contribution in [0.25, 0.3) is 10.9 Å². The first kappa shape index (κ1) is 19.0. The van der Waals surface area contributed by atoms with E-state index in [0.717, 1.165) is 10.9 Å². The van der Waals surface area contributed by atoms with Gasteiger partial charge in [0.15, 0.2) is 0 Å². The van der Waals surface area contributed by atoms with Crippen LogP contribution in [0.3, 0.4) is 0 Å². The van der Waals surface area contributed by atoms with Crippen molar-refractivity contribution in [3.05, 3.63) is 78.0 Å². The van der Waals surface area contributed by atoms with Crippen molar-refractivity contribution in [2.75, 3.05) is 13.2 Å². The van der Waals surface area contributed by atoms with Gasteiger partial charge in [0.25, 0.3) is 10.0 Å². The van der Waals surface area contributed by atoms with E-state index in [2.05, 4.69) is 0 Å². The van der Waals surface area contributed by atoms with E-state index in [1.807, 2.05) is 12.1 Å². The van der Waals surface area contributed by atoms with Crippen molar-refractivity contribution in [2.45, 2.75) is 17.4 Å². The van der Waals surface area contributed by atoms with Crippen molar-refractivity contribution in [3.63, 3.8) is 0 Å². The van der Waals surface area contributed by atoms with Gasteiger partial charge < -0.3 is 5.11 Å². The Bertz CT molecular complexity index is 1260. The fraction of sp³-hybridized carbons (Fsp3) is 0.227. The van der Waals surface area contributed by atoms with Crippen molar-refractivity contribution in [1.82, 2.24) is 9.04 Å². The maximum absolute atomic E-state index is 13.8. The highest BCUT2D eigenvalue weighted by Gasteiger charge is 2.43. The first-order valence-electron chi connectivity index (χ1n) is 9.72. The van der Waals surface area contributed by atoms with E-state index in [4.69, 9.17) is 4.84 Å². The Labute approximate surface area is 173 Å². The lowest BCUT2D eigenvalue weighted by Gasteiger charge is -2.36. The van der Waals surface area contributed by atoms with E-state index in [-0.39, 0.29) is 11.5 Å². The van der Waals surface area contributed by atoms with Gasteiger partial charge in [-0.1, -0.05) is 48.6 Å². The summed E-state index contributed by atoms with van der Waals surface area (Å²) < 4.78 is 28.8. The summed E-state index contributed by atoms with van der Waals surface area (Å²) in [7, 11) is -3.96. The molecule has 0 saturated heterocycles. The van der Waals surface area contributed by atoms with E-state index in [9.17, 15) is 18.3 Å². The van der Waals surface area contributed by atoms with Crippen molar-refractivity contribution < 1.29 is 23.2 Å². The molecule has 30 heavy (non-hydrogen) atoms. The molecule has 2 aliphatic rings. The van der Waals surface area contributed by atoms with Crippen LogP contribution in [0.1, 0.15) is 17.3 Å². The molecule has 1 aromatic heterocycles. The average Bonchev–Trinajstić information content (AvgIpc) is 2.93. The molecule has 154 valence electrons. The molecule has 3 heterocycles. The summed E-state index contributed by atoms with van der Waals surface area (Å²) in [6, 6.07) is 14.8. The van der Waals surface area contributed by atoms with Gasteiger partial charge in [0.1, 0.15) is 0 Å². The molecule has 0 amide bonds. The van der Waals surface area contributed by atoms with Gasteiger partial charge in [-0.05, 0) is 30.2 Å². The number of aliphatic carboxylic acids is 1. The second kappa shape index (κ2) is 7.09. The lowest BCUT2D eigenvalue weighted by atomic mass is 9.89. The molecule has 0 unspecified atom stereocenters. The zero-order chi connectivity index (χ0) is 20.9. The first-order chi connectivity index (χ1) is 14.5. The number of para-hydroxylation sites is 1. The number of hydrogen-bond donors (Lipinski definition) is 1. The Kier molecular flexibility index (Phi) is 4.50. The SMILES string of the molecule is O=C(O)[C@H]1C=CCON2CCc3c(n(S(=O)(=O)c4ccccc4)c4ccccc34)[C@H]12. The monoisotopic (exact) mass is 424 g/mol. The van der Waals surface area contributed by atoms with Gasteiger partial charge in [0, 0.05) is 11.9 Å². The summed E-state index contributed by atoms with van der Waals surface area (Å²) in [5, 5.41) is 12.4. The Morgan fingerprint density at radius 1 is 1.07 bits per heavy atom. The average molecular weight is 424 g/mol. The van der Waals surface area contributed by atoms with E-state index in [0.29, 0.717) is 24.2 Å². The summed E-state index contributed by atoms with van der Waals surface area (Å²) in [6.07, 6.45) is 3.84. The maximum Gasteiger partial charge on any atom is 0.312 e. The third kappa shape index (κ3) is 2.79. The number of aromatic nitrogens is 1. The number of carboxylic acid groups (broad SMARTS) is 1. The summed E-state index contributed by atoms with van der Waals surface area (Å²) in [5.74, 6) is -1.95. The van der Waals surface area contributed by atoms with Gasteiger partial charge in [-0.15, -0.1) is 0 Å². The van der Waals surface area contributed by atoms with E-state index >= 15 is 0 Å². The lowest BCUT2D eigenvalue weighted by molar-refractivity contribution is -0.193. The normalized spacial score (nSPS) is 21.7. The molecule has 7 nitrogen and oxygen atoms in total. The molecule has 1 N–H and O–H groups in total. The number of fused-ring (bicyclic) bond motifs is 5. The van der Waals surface area contributed by atoms with Gasteiger partial charge in [-0.25, -0.2) is 12.4 Å². The number of carboxylic acids is 1. The Morgan fingerprint density at radius 3 is 2.57 bits per heavy atom. The van der Waals surface area contributed by atoms with Gasteiger partial charge >= 0.3 is 5.97 Å². The standard InChI is InChI=1S/C22H20N2O5S/c25-22(26)18-10-6-14-29-23-13-12-17-16-9-4-5-11-19(16)24(21(17)20(18)23)30(27,28)15-7-2-1-3-8-15/h1-11,18,20H,12-14H2,(H,25,26)/t18-,20-/m0/s1. The van der Waals surface area contributed by atoms with Crippen molar-refractivity contribution in [1.29, 1.82) is 0 Å². The fourth-order valence-electron chi connectivity index (χ4n) is 4.47. The Morgan fingerprint density at radius 2 is 1.80 bits per heavy atom. The molecule has 2 aliphatic heterocycles. The third-order valence-corrected chi connectivity index (χ3v) is 7.48. The van der Waals surface area contributed by atoms with Crippen LogP contribution in [0.4, 0.5) is 0 Å². The Balaban J connectivity index is 1.85. The van der Waals surface area contributed by atoms with Gasteiger partial charge in [0.2, 0.25) is 0 Å². The third-order valence-electron chi connectivity index (χ3n) is 5.74. The predicted octanol–water partition coefficient (Wildman–Crippen LogP) is 2.98. The minimum Gasteiger partial charge on any atom is -0.481 e. The van der Waals surface area contributed by atoms with Crippen molar-refractivity contribution in [3.8, 4) is 0 Å². The summed E-state index contributed by atoms with van der Waals surface area (Å²) in [5.41, 5.74) is 1.87. The molecule has 0 bridgehead atoms. The maximum atomic E-state index is 13.8. The van der Waals surface area contributed by atoms with Crippen LogP contribution in [0.5, 0.6) is 0 Å². The Hall–Kier alpha value is -2.94. The number of carbonyl (C=O) groups is 1. The number of benzene rings is 2. The van der Waals surface area contributed by atoms with E-state index < -0.39 is 28.0 Å². The molecule has 0 saturated carbocycles. The highest BCUT2D eigenvalue weighted by atomic mass is 32.2. The smallest absolute Gasteiger partial charge is 0.312 e. The van der Waals surface area contributed by atoms with Crippen LogP contribution in [0.15, 0.2) is 71.6 Å². The van der Waals surface area contributed by atoms with E-state index in [1.54, 1.807) is 59.7 Å². The quantitative estimate of drug-likeness (QED) is 0.651. The molecule has 0 fully saturated rings. The number of hydrogen-bond acceptors (Lipinski definition) is 5. The second-order valence-corrected chi connectivity index (χ2v) is 9.17. The second-order valence-electron chi connectivity index (χ2n) is 7.39. The summed E-state index contributed by atoms with van der Waals surface area (Å²) >= 11 is 0. The van der Waals surface area contributed by atoms with E-state index in [1.165, 1.54) is 3.97 Å². The number of hydroxylamine groups is 2. The van der Waals surface area contributed by atoms with Crippen molar-refractivity contribution >= 4 is 26.9 Å². The molecule has 8 heteroatoms. The minimum absolute atomic E-state index is 0.155. The minimum atomic E-state index is -3.96. The highest BCUT2D eigenvalue weighted by Crippen LogP contribution is 2.43. The van der Waals surface area contributed by atoms with Gasteiger partial charge in [-0.3, -0.25) is 9.63 Å². The molecule has 5 rings (SSSR count). The topological polar surface area (TPSA) is 88.8 Å². The molecule has 2 atom stereocenters. The number of rotatable bonds is 3. The zero-order valence-electron chi connectivity index (χ0n) is 16.0. The molecule has 2 aromatic carbocycles. The van der Waals surface area contributed by atoms with Crippen LogP contribution in [-0.4, -0.2) is 41.7 Å². The largest absolute Gasteiger partial charge is 0.481 e. The summed E-state index contributed by atoms with van der Waals surface area (Å²) in [6.45, 7) is 0.740. The molecular weight excluding hydrogens is 404 g/mol. The summed E-state index contributed by atoms with van der Waals surface area (Å²) in [4.78, 5) is 18.1. The lowest BCUT2D eigenvalue weighted by Crippen LogP contribution is -2.41. The van der Waals surface area contributed by atoms with Crippen molar-refractivity contribution in [2.24, 2.45) is 5.92 Å². The molecule has 0 aliphatic carbocycles.